The Labute approximate surface area is 205 Å². The fourth-order valence-corrected chi connectivity index (χ4v) is 6.04. The molecule has 0 saturated carbocycles. The molecule has 7 heteroatoms. The van der Waals surface area contributed by atoms with Gasteiger partial charge in [-0.2, -0.15) is 0 Å². The Morgan fingerprint density at radius 3 is 2.89 bits per heavy atom. The molecular formula is C28H32FN3O3. The zero-order valence-electron chi connectivity index (χ0n) is 20.0. The molecule has 1 unspecified atom stereocenters. The number of ether oxygens (including phenoxy) is 1. The molecule has 1 fully saturated rings. The maximum absolute atomic E-state index is 13.4. The van der Waals surface area contributed by atoms with E-state index in [1.165, 1.54) is 23.3 Å². The van der Waals surface area contributed by atoms with Crippen molar-refractivity contribution in [1.29, 1.82) is 0 Å². The van der Waals surface area contributed by atoms with Crippen LogP contribution in [0.2, 0.25) is 0 Å². The standard InChI is InChI=1S/C28H32FN3O3/c29-21-8-9-22-25(17-21)35-30-27(22)19-10-14-31(15-11-19)12-1-2-16-34-24-18-26(33)32-13-4-6-20-5-3-7-23(24)28(20)32/h3,5,7-9,17,19,24H,1-2,4,6,10-16,18H2. The molecule has 1 amide bonds. The van der Waals surface area contributed by atoms with Crippen molar-refractivity contribution < 1.29 is 18.4 Å². The molecule has 4 heterocycles. The van der Waals surface area contributed by atoms with Gasteiger partial charge in [-0.1, -0.05) is 23.4 Å². The summed E-state index contributed by atoms with van der Waals surface area (Å²) in [6.45, 7) is 4.63. The number of unbranched alkanes of at least 4 members (excludes halogenated alkanes) is 1. The van der Waals surface area contributed by atoms with Crippen LogP contribution in [0.25, 0.3) is 11.0 Å². The highest BCUT2D eigenvalue weighted by Crippen LogP contribution is 2.41. The van der Waals surface area contributed by atoms with Gasteiger partial charge in [-0.3, -0.25) is 4.79 Å². The van der Waals surface area contributed by atoms with Crippen LogP contribution in [0.1, 0.15) is 67.4 Å². The molecule has 0 radical (unpaired) electrons. The number of fused-ring (bicyclic) bond motifs is 1. The molecular weight excluding hydrogens is 445 g/mol. The number of hydrogen-bond donors (Lipinski definition) is 0. The first-order valence-electron chi connectivity index (χ1n) is 13.0. The highest BCUT2D eigenvalue weighted by Gasteiger charge is 2.35. The first-order chi connectivity index (χ1) is 17.2. The van der Waals surface area contributed by atoms with E-state index in [1.54, 1.807) is 6.07 Å². The van der Waals surface area contributed by atoms with E-state index in [2.05, 4.69) is 28.3 Å². The maximum Gasteiger partial charge on any atom is 0.229 e. The number of carbonyl (C=O) groups excluding carboxylic acids is 1. The molecule has 3 aliphatic heterocycles. The zero-order chi connectivity index (χ0) is 23.8. The first kappa shape index (κ1) is 22.7. The largest absolute Gasteiger partial charge is 0.373 e. The van der Waals surface area contributed by atoms with E-state index in [0.29, 0.717) is 24.5 Å². The summed E-state index contributed by atoms with van der Waals surface area (Å²) < 4.78 is 25.0. The van der Waals surface area contributed by atoms with E-state index in [-0.39, 0.29) is 17.8 Å². The number of nitrogens with zero attached hydrogens (tertiary/aromatic N) is 3. The molecule has 0 N–H and O–H groups in total. The summed E-state index contributed by atoms with van der Waals surface area (Å²) in [5.41, 5.74) is 5.09. The second-order valence-electron chi connectivity index (χ2n) is 10.1. The number of anilines is 1. The summed E-state index contributed by atoms with van der Waals surface area (Å²) >= 11 is 0. The van der Waals surface area contributed by atoms with Crippen molar-refractivity contribution in [2.75, 3.05) is 37.7 Å². The Hall–Kier alpha value is -2.77. The van der Waals surface area contributed by atoms with E-state index in [4.69, 9.17) is 9.26 Å². The number of aryl methyl sites for hydroxylation is 1. The van der Waals surface area contributed by atoms with E-state index in [0.717, 1.165) is 81.5 Å². The fourth-order valence-electron chi connectivity index (χ4n) is 6.04. The first-order valence-corrected chi connectivity index (χ1v) is 13.0. The molecule has 35 heavy (non-hydrogen) atoms. The van der Waals surface area contributed by atoms with Crippen LogP contribution in [0.4, 0.5) is 10.1 Å². The third-order valence-electron chi connectivity index (χ3n) is 7.88. The number of aromatic nitrogens is 1. The summed E-state index contributed by atoms with van der Waals surface area (Å²) in [5, 5.41) is 5.19. The molecule has 0 bridgehead atoms. The van der Waals surface area contributed by atoms with Gasteiger partial charge in [-0.25, -0.2) is 4.39 Å². The van der Waals surface area contributed by atoms with Crippen molar-refractivity contribution in [1.82, 2.24) is 10.1 Å². The van der Waals surface area contributed by atoms with Gasteiger partial charge in [-0.05, 0) is 75.9 Å². The minimum atomic E-state index is -0.292. The molecule has 3 aliphatic rings. The van der Waals surface area contributed by atoms with E-state index >= 15 is 0 Å². The fraction of sp³-hybridized carbons (Fsp3) is 0.500. The Balaban J connectivity index is 0.964. The number of rotatable bonds is 7. The number of piperidine rings is 1. The number of benzene rings is 2. The summed E-state index contributed by atoms with van der Waals surface area (Å²) in [6.07, 6.45) is 6.56. The summed E-state index contributed by atoms with van der Waals surface area (Å²) in [4.78, 5) is 17.2. The topological polar surface area (TPSA) is 58.8 Å². The average Bonchev–Trinajstić information content (AvgIpc) is 3.30. The highest BCUT2D eigenvalue weighted by molar-refractivity contribution is 5.98. The Morgan fingerprint density at radius 2 is 2.00 bits per heavy atom. The number of hydrogen-bond acceptors (Lipinski definition) is 5. The molecule has 1 aromatic heterocycles. The minimum Gasteiger partial charge on any atom is -0.373 e. The quantitative estimate of drug-likeness (QED) is 0.429. The Morgan fingerprint density at radius 1 is 1.11 bits per heavy atom. The van der Waals surface area contributed by atoms with Crippen LogP contribution in [0.3, 0.4) is 0 Å². The second kappa shape index (κ2) is 9.70. The lowest BCUT2D eigenvalue weighted by atomic mass is 9.90. The van der Waals surface area contributed by atoms with Gasteiger partial charge in [0.2, 0.25) is 5.91 Å². The van der Waals surface area contributed by atoms with Crippen LogP contribution in [0, 0.1) is 5.82 Å². The summed E-state index contributed by atoms with van der Waals surface area (Å²) in [7, 11) is 0. The van der Waals surface area contributed by atoms with E-state index < -0.39 is 0 Å². The van der Waals surface area contributed by atoms with Crippen LogP contribution in [0.5, 0.6) is 0 Å². The van der Waals surface area contributed by atoms with Crippen molar-refractivity contribution in [2.45, 2.75) is 57.0 Å². The number of amides is 1. The van der Waals surface area contributed by atoms with Gasteiger partial charge in [0.1, 0.15) is 5.82 Å². The lowest BCUT2D eigenvalue weighted by Gasteiger charge is -2.38. The van der Waals surface area contributed by atoms with Gasteiger partial charge in [0.05, 0.1) is 23.9 Å². The number of carbonyl (C=O) groups is 1. The predicted molar refractivity (Wildman–Crippen MR) is 132 cm³/mol. The van der Waals surface area contributed by atoms with Gasteiger partial charge in [0.15, 0.2) is 5.58 Å². The lowest BCUT2D eigenvalue weighted by Crippen LogP contribution is -2.41. The van der Waals surface area contributed by atoms with Crippen LogP contribution < -0.4 is 4.90 Å². The van der Waals surface area contributed by atoms with Crippen LogP contribution in [-0.4, -0.2) is 48.7 Å². The molecule has 2 aromatic carbocycles. The molecule has 6 rings (SSSR count). The normalized spacial score (nSPS) is 21.0. The van der Waals surface area contributed by atoms with Gasteiger partial charge in [0.25, 0.3) is 0 Å². The highest BCUT2D eigenvalue weighted by atomic mass is 19.1. The molecule has 1 atom stereocenters. The van der Waals surface area contributed by atoms with Gasteiger partial charge < -0.3 is 19.1 Å². The zero-order valence-corrected chi connectivity index (χ0v) is 20.0. The lowest BCUT2D eigenvalue weighted by molar-refractivity contribution is -0.122. The minimum absolute atomic E-state index is 0.117. The van der Waals surface area contributed by atoms with Crippen molar-refractivity contribution in [3.8, 4) is 0 Å². The molecule has 3 aromatic rings. The molecule has 184 valence electrons. The second-order valence-corrected chi connectivity index (χ2v) is 10.1. The molecule has 0 aliphatic carbocycles. The monoisotopic (exact) mass is 477 g/mol. The predicted octanol–water partition coefficient (Wildman–Crippen LogP) is 5.37. The number of para-hydroxylation sites is 1. The molecule has 1 saturated heterocycles. The summed E-state index contributed by atoms with van der Waals surface area (Å²) in [6, 6.07) is 11.1. The molecule has 0 spiro atoms. The van der Waals surface area contributed by atoms with Gasteiger partial charge in [0, 0.05) is 36.1 Å². The third kappa shape index (κ3) is 4.47. The van der Waals surface area contributed by atoms with Crippen LogP contribution >= 0.6 is 0 Å². The Bertz CT molecular complexity index is 1220. The van der Waals surface area contributed by atoms with Gasteiger partial charge >= 0.3 is 0 Å². The maximum atomic E-state index is 13.4. The molecule has 6 nitrogen and oxygen atoms in total. The van der Waals surface area contributed by atoms with Crippen molar-refractivity contribution in [2.24, 2.45) is 0 Å². The van der Waals surface area contributed by atoms with Crippen molar-refractivity contribution >= 4 is 22.6 Å². The smallest absolute Gasteiger partial charge is 0.229 e. The number of halogens is 1. The van der Waals surface area contributed by atoms with E-state index in [9.17, 15) is 9.18 Å². The number of likely N-dealkylation sites (tertiary alicyclic amines) is 1. The average molecular weight is 478 g/mol. The SMILES string of the molecule is O=C1CC(OCCCCN2CCC(c3noc4cc(F)ccc34)CC2)c2cccc3c2N1CCC3. The van der Waals surface area contributed by atoms with Crippen molar-refractivity contribution in [3.63, 3.8) is 0 Å². The van der Waals surface area contributed by atoms with Gasteiger partial charge in [-0.15, -0.1) is 0 Å². The Kier molecular flexibility index (Phi) is 6.29. The van der Waals surface area contributed by atoms with Crippen LogP contribution in [-0.2, 0) is 16.0 Å². The summed E-state index contributed by atoms with van der Waals surface area (Å²) in [5.74, 6) is 0.267. The van der Waals surface area contributed by atoms with Crippen LogP contribution in [0.15, 0.2) is 40.9 Å². The third-order valence-corrected chi connectivity index (χ3v) is 7.88. The van der Waals surface area contributed by atoms with E-state index in [1.807, 2.05) is 4.90 Å². The van der Waals surface area contributed by atoms with Crippen molar-refractivity contribution in [3.05, 3.63) is 59.0 Å².